The minimum atomic E-state index is -0.0000813. The molecule has 0 aliphatic carbocycles. The molecule has 0 amide bonds. The molecule has 0 aliphatic heterocycles. The van der Waals surface area contributed by atoms with E-state index in [1.165, 1.54) is 0 Å². The number of nitrogens with zero attached hydrogens (tertiary/aromatic N) is 2. The van der Waals surface area contributed by atoms with Gasteiger partial charge in [0.05, 0.1) is 11.1 Å². The fraction of sp³-hybridized carbons (Fsp3) is 0.308. The van der Waals surface area contributed by atoms with Crippen molar-refractivity contribution < 1.29 is 0 Å². The Morgan fingerprint density at radius 1 is 1.29 bits per heavy atom. The Kier molecular flexibility index (Phi) is 4.18. The Bertz CT molecular complexity index is 453. The predicted molar refractivity (Wildman–Crippen MR) is 70.0 cm³/mol. The third kappa shape index (κ3) is 3.58. The van der Waals surface area contributed by atoms with E-state index < -0.39 is 0 Å². The number of hydrogen-bond donors (Lipinski definition) is 1. The van der Waals surface area contributed by atoms with Crippen LogP contribution in [0.5, 0.6) is 0 Å². The molecule has 0 saturated carbocycles. The Morgan fingerprint density at radius 2 is 2.06 bits per heavy atom. The van der Waals surface area contributed by atoms with E-state index in [0.29, 0.717) is 0 Å². The largest absolute Gasteiger partial charge is 0.309 e. The van der Waals surface area contributed by atoms with E-state index in [1.807, 2.05) is 49.6 Å². The lowest BCUT2D eigenvalue weighted by molar-refractivity contribution is 0.646. The molecule has 1 unspecified atom stereocenters. The summed E-state index contributed by atoms with van der Waals surface area (Å²) in [5.41, 5.74) is 2.17. The van der Waals surface area contributed by atoms with Gasteiger partial charge in [-0.05, 0) is 11.6 Å². The minimum Gasteiger partial charge on any atom is -0.309 e. The fourth-order valence-corrected chi connectivity index (χ4v) is 1.92. The van der Waals surface area contributed by atoms with E-state index >= 15 is 0 Å². The van der Waals surface area contributed by atoms with Crippen molar-refractivity contribution in [3.05, 3.63) is 53.9 Å². The summed E-state index contributed by atoms with van der Waals surface area (Å²) in [4.78, 5) is 0. The molecule has 0 spiro atoms. The zero-order valence-electron chi connectivity index (χ0n) is 9.81. The number of rotatable bonds is 5. The molecule has 0 fully saturated rings. The maximum Gasteiger partial charge on any atom is 0.0762 e. The lowest BCUT2D eigenvalue weighted by Crippen LogP contribution is -2.19. The maximum absolute atomic E-state index is 6.29. The van der Waals surface area contributed by atoms with Gasteiger partial charge in [0.2, 0.25) is 0 Å². The molecule has 1 heterocycles. The third-order valence-corrected chi connectivity index (χ3v) is 2.97. The van der Waals surface area contributed by atoms with Crippen LogP contribution in [-0.4, -0.2) is 16.3 Å². The first-order chi connectivity index (χ1) is 8.25. The molecule has 0 bridgehead atoms. The van der Waals surface area contributed by atoms with Gasteiger partial charge in [0.25, 0.3) is 0 Å². The summed E-state index contributed by atoms with van der Waals surface area (Å²) < 4.78 is 1.80. The monoisotopic (exact) mass is 249 g/mol. The zero-order chi connectivity index (χ0) is 12.1. The molecule has 2 rings (SSSR count). The Hall–Kier alpha value is -1.32. The summed E-state index contributed by atoms with van der Waals surface area (Å²) in [6, 6.07) is 12.1. The van der Waals surface area contributed by atoms with Crippen molar-refractivity contribution in [2.45, 2.75) is 11.9 Å². The summed E-state index contributed by atoms with van der Waals surface area (Å²) in [6.07, 6.45) is 1.94. The van der Waals surface area contributed by atoms with Crippen LogP contribution in [0.3, 0.4) is 0 Å². The van der Waals surface area contributed by atoms with E-state index in [9.17, 15) is 0 Å². The summed E-state index contributed by atoms with van der Waals surface area (Å²) in [7, 11) is 1.91. The van der Waals surface area contributed by atoms with E-state index in [-0.39, 0.29) is 5.38 Å². The van der Waals surface area contributed by atoms with Gasteiger partial charge >= 0.3 is 0 Å². The fourth-order valence-electron chi connectivity index (χ4n) is 1.66. The van der Waals surface area contributed by atoms with Crippen molar-refractivity contribution in [3.63, 3.8) is 0 Å². The molecular weight excluding hydrogens is 234 g/mol. The smallest absolute Gasteiger partial charge is 0.0762 e. The lowest BCUT2D eigenvalue weighted by atomic mass is 10.1. The van der Waals surface area contributed by atoms with Crippen molar-refractivity contribution in [2.75, 3.05) is 6.54 Å². The number of halogens is 1. The number of benzene rings is 1. The quantitative estimate of drug-likeness (QED) is 0.826. The standard InChI is InChI=1S/C13H16ClN3/c1-17-8-7-12(16-17)9-15-10-13(14)11-5-3-2-4-6-11/h2-8,13,15H,9-10H2,1H3. The van der Waals surface area contributed by atoms with Crippen LogP contribution in [0.15, 0.2) is 42.6 Å². The minimum absolute atomic E-state index is 0.0000813. The topological polar surface area (TPSA) is 29.9 Å². The molecule has 17 heavy (non-hydrogen) atoms. The molecule has 3 nitrogen and oxygen atoms in total. The molecule has 1 atom stereocenters. The van der Waals surface area contributed by atoms with Gasteiger partial charge in [-0.25, -0.2) is 0 Å². The second-order valence-corrected chi connectivity index (χ2v) is 4.52. The highest BCUT2D eigenvalue weighted by Crippen LogP contribution is 2.18. The van der Waals surface area contributed by atoms with Crippen LogP contribution in [-0.2, 0) is 13.6 Å². The SMILES string of the molecule is Cn1ccc(CNCC(Cl)c2ccccc2)n1. The van der Waals surface area contributed by atoms with Crippen LogP contribution >= 0.6 is 11.6 Å². The molecule has 0 aliphatic rings. The molecule has 2 aromatic rings. The maximum atomic E-state index is 6.29. The van der Waals surface area contributed by atoms with Crippen molar-refractivity contribution >= 4 is 11.6 Å². The third-order valence-electron chi connectivity index (χ3n) is 2.56. The molecule has 1 N–H and O–H groups in total. The van der Waals surface area contributed by atoms with Gasteiger partial charge < -0.3 is 5.32 Å². The van der Waals surface area contributed by atoms with E-state index in [1.54, 1.807) is 4.68 Å². The van der Waals surface area contributed by atoms with Crippen LogP contribution in [0.4, 0.5) is 0 Å². The summed E-state index contributed by atoms with van der Waals surface area (Å²) in [5.74, 6) is 0. The number of hydrogen-bond acceptors (Lipinski definition) is 2. The highest BCUT2D eigenvalue weighted by Gasteiger charge is 2.06. The van der Waals surface area contributed by atoms with Crippen molar-refractivity contribution in [3.8, 4) is 0 Å². The van der Waals surface area contributed by atoms with Gasteiger partial charge in [-0.15, -0.1) is 11.6 Å². The summed E-state index contributed by atoms with van der Waals surface area (Å²) >= 11 is 6.29. The van der Waals surface area contributed by atoms with Gasteiger partial charge in [-0.2, -0.15) is 5.10 Å². The first kappa shape index (κ1) is 12.1. The van der Waals surface area contributed by atoms with E-state index in [0.717, 1.165) is 24.3 Å². The average molecular weight is 250 g/mol. The van der Waals surface area contributed by atoms with Gasteiger partial charge in [0, 0.05) is 26.3 Å². The first-order valence-electron chi connectivity index (χ1n) is 5.64. The Balaban J connectivity index is 1.79. The van der Waals surface area contributed by atoms with Crippen LogP contribution in [0.2, 0.25) is 0 Å². The first-order valence-corrected chi connectivity index (χ1v) is 6.07. The van der Waals surface area contributed by atoms with Gasteiger partial charge in [-0.1, -0.05) is 30.3 Å². The highest BCUT2D eigenvalue weighted by atomic mass is 35.5. The number of aryl methyl sites for hydroxylation is 1. The molecule has 0 radical (unpaired) electrons. The van der Waals surface area contributed by atoms with Gasteiger partial charge in [-0.3, -0.25) is 4.68 Å². The molecule has 1 aromatic carbocycles. The van der Waals surface area contributed by atoms with Crippen LogP contribution in [0.1, 0.15) is 16.6 Å². The molecule has 1 aromatic heterocycles. The summed E-state index contributed by atoms with van der Waals surface area (Å²) in [5, 5.41) is 7.60. The average Bonchev–Trinajstić information content (AvgIpc) is 2.76. The number of alkyl halides is 1. The number of aromatic nitrogens is 2. The van der Waals surface area contributed by atoms with Gasteiger partial charge in [0.1, 0.15) is 0 Å². The lowest BCUT2D eigenvalue weighted by Gasteiger charge is -2.10. The molecule has 0 saturated heterocycles. The summed E-state index contributed by atoms with van der Waals surface area (Å²) in [6.45, 7) is 1.49. The van der Waals surface area contributed by atoms with E-state index in [4.69, 9.17) is 11.6 Å². The Morgan fingerprint density at radius 3 is 2.71 bits per heavy atom. The van der Waals surface area contributed by atoms with Crippen LogP contribution in [0, 0.1) is 0 Å². The normalized spacial score (nSPS) is 12.6. The van der Waals surface area contributed by atoms with E-state index in [2.05, 4.69) is 10.4 Å². The molecular formula is C13H16ClN3. The van der Waals surface area contributed by atoms with Crippen molar-refractivity contribution in [1.82, 2.24) is 15.1 Å². The van der Waals surface area contributed by atoms with Gasteiger partial charge in [0.15, 0.2) is 0 Å². The predicted octanol–water partition coefficient (Wildman–Crippen LogP) is 2.49. The van der Waals surface area contributed by atoms with Crippen molar-refractivity contribution in [2.24, 2.45) is 7.05 Å². The van der Waals surface area contributed by atoms with Crippen LogP contribution < -0.4 is 5.32 Å². The highest BCUT2D eigenvalue weighted by molar-refractivity contribution is 6.21. The second kappa shape index (κ2) is 5.84. The van der Waals surface area contributed by atoms with Crippen LogP contribution in [0.25, 0.3) is 0 Å². The zero-order valence-corrected chi connectivity index (χ0v) is 10.6. The second-order valence-electron chi connectivity index (χ2n) is 3.99. The Labute approximate surface area is 106 Å². The molecule has 90 valence electrons. The number of nitrogens with one attached hydrogen (secondary N) is 1. The molecule has 4 heteroatoms. The van der Waals surface area contributed by atoms with Crippen molar-refractivity contribution in [1.29, 1.82) is 0 Å².